The van der Waals surface area contributed by atoms with Gasteiger partial charge in [-0.2, -0.15) is 0 Å². The van der Waals surface area contributed by atoms with Gasteiger partial charge in [0.15, 0.2) is 0 Å². The molecule has 0 aliphatic heterocycles. The summed E-state index contributed by atoms with van der Waals surface area (Å²) in [6, 6.07) is 7.30. The van der Waals surface area contributed by atoms with Crippen LogP contribution < -0.4 is 5.32 Å². The van der Waals surface area contributed by atoms with Crippen molar-refractivity contribution in [3.63, 3.8) is 0 Å². The lowest BCUT2D eigenvalue weighted by Gasteiger charge is -2.20. The number of carbonyl (C=O) groups excluding carboxylic acids is 1. The van der Waals surface area contributed by atoms with Gasteiger partial charge in [0, 0.05) is 11.6 Å². The molecule has 0 radical (unpaired) electrons. The zero-order valence-corrected chi connectivity index (χ0v) is 11.8. The average Bonchev–Trinajstić information content (AvgIpc) is 2.29. The number of carbonyl (C=O) groups is 1. The van der Waals surface area contributed by atoms with E-state index < -0.39 is 0 Å². The molecule has 1 rings (SSSR count). The molecule has 0 heterocycles. The van der Waals surface area contributed by atoms with Gasteiger partial charge in [0.05, 0.1) is 6.61 Å². The molecule has 4 heteroatoms. The Kier molecular flexibility index (Phi) is 6.16. The van der Waals surface area contributed by atoms with Gasteiger partial charge in [0.2, 0.25) is 0 Å². The molecule has 3 nitrogen and oxygen atoms in total. The summed E-state index contributed by atoms with van der Waals surface area (Å²) in [6.07, 6.45) is 0. The van der Waals surface area contributed by atoms with Crippen LogP contribution >= 0.6 is 11.6 Å². The fourth-order valence-corrected chi connectivity index (χ4v) is 1.91. The summed E-state index contributed by atoms with van der Waals surface area (Å²) in [5.74, 6) is -0.0160. The molecular formula is C14H20ClNO2. The van der Waals surface area contributed by atoms with Gasteiger partial charge < -0.3 is 10.1 Å². The number of hydrogen-bond acceptors (Lipinski definition) is 3. The molecule has 0 amide bonds. The second-order valence-corrected chi connectivity index (χ2v) is 4.92. The maximum Gasteiger partial charge on any atom is 0.323 e. The van der Waals surface area contributed by atoms with Crippen molar-refractivity contribution in [1.29, 1.82) is 0 Å². The Labute approximate surface area is 113 Å². The summed E-state index contributed by atoms with van der Waals surface area (Å²) in [7, 11) is 0. The Bertz CT molecular complexity index is 393. The van der Waals surface area contributed by atoms with Crippen LogP contribution in [0.15, 0.2) is 24.3 Å². The molecule has 0 bridgehead atoms. The van der Waals surface area contributed by atoms with Crippen LogP contribution in [0.1, 0.15) is 26.3 Å². The number of esters is 1. The predicted molar refractivity (Wildman–Crippen MR) is 73.6 cm³/mol. The minimum absolute atomic E-state index is 0.184. The summed E-state index contributed by atoms with van der Waals surface area (Å²) in [4.78, 5) is 11.8. The van der Waals surface area contributed by atoms with E-state index in [4.69, 9.17) is 16.3 Å². The minimum Gasteiger partial charge on any atom is -0.465 e. The van der Waals surface area contributed by atoms with Crippen molar-refractivity contribution in [2.45, 2.75) is 33.4 Å². The lowest BCUT2D eigenvalue weighted by molar-refractivity contribution is -0.146. The fourth-order valence-electron chi connectivity index (χ4n) is 1.70. The van der Waals surface area contributed by atoms with Crippen molar-refractivity contribution in [3.05, 3.63) is 34.9 Å². The molecule has 0 saturated heterocycles. The molecule has 0 fully saturated rings. The Morgan fingerprint density at radius 1 is 1.44 bits per heavy atom. The smallest absolute Gasteiger partial charge is 0.323 e. The van der Waals surface area contributed by atoms with Crippen LogP contribution in [-0.2, 0) is 16.1 Å². The van der Waals surface area contributed by atoms with E-state index in [2.05, 4.69) is 5.32 Å². The zero-order chi connectivity index (χ0) is 13.5. The highest BCUT2D eigenvalue weighted by molar-refractivity contribution is 6.30. The van der Waals surface area contributed by atoms with Gasteiger partial charge in [0.25, 0.3) is 0 Å². The van der Waals surface area contributed by atoms with E-state index >= 15 is 0 Å². The SMILES string of the molecule is CCOC(=O)C(NCc1cccc(Cl)c1)C(C)C. The largest absolute Gasteiger partial charge is 0.465 e. The van der Waals surface area contributed by atoms with Gasteiger partial charge in [-0.1, -0.05) is 37.6 Å². The second kappa shape index (κ2) is 7.39. The second-order valence-electron chi connectivity index (χ2n) is 4.48. The highest BCUT2D eigenvalue weighted by atomic mass is 35.5. The van der Waals surface area contributed by atoms with Crippen LogP contribution in [0.25, 0.3) is 0 Å². The van der Waals surface area contributed by atoms with E-state index in [1.54, 1.807) is 0 Å². The molecule has 1 aromatic carbocycles. The molecule has 18 heavy (non-hydrogen) atoms. The Morgan fingerprint density at radius 2 is 2.17 bits per heavy atom. The molecule has 0 aliphatic rings. The standard InChI is InChI=1S/C14H20ClNO2/c1-4-18-14(17)13(10(2)3)16-9-11-6-5-7-12(15)8-11/h5-8,10,13,16H,4,9H2,1-3H3. The first-order valence-corrected chi connectivity index (χ1v) is 6.56. The Hall–Kier alpha value is -1.06. The zero-order valence-electron chi connectivity index (χ0n) is 11.1. The molecule has 1 atom stereocenters. The molecule has 100 valence electrons. The summed E-state index contributed by atoms with van der Waals surface area (Å²) < 4.78 is 5.05. The van der Waals surface area contributed by atoms with Gasteiger partial charge in [-0.25, -0.2) is 0 Å². The van der Waals surface area contributed by atoms with E-state index in [9.17, 15) is 4.79 Å². The molecule has 1 aromatic rings. The molecule has 1 N–H and O–H groups in total. The first-order chi connectivity index (χ1) is 8.54. The molecule has 0 spiro atoms. The van der Waals surface area contributed by atoms with Crippen LogP contribution in [0.3, 0.4) is 0 Å². The van der Waals surface area contributed by atoms with Gasteiger partial charge in [-0.15, -0.1) is 0 Å². The normalized spacial score (nSPS) is 12.5. The fraction of sp³-hybridized carbons (Fsp3) is 0.500. The van der Waals surface area contributed by atoms with Crippen molar-refractivity contribution in [3.8, 4) is 0 Å². The molecule has 0 aliphatic carbocycles. The van der Waals surface area contributed by atoms with Gasteiger partial charge in [0.1, 0.15) is 6.04 Å². The average molecular weight is 270 g/mol. The van der Waals surface area contributed by atoms with Crippen molar-refractivity contribution in [2.75, 3.05) is 6.61 Å². The number of ether oxygens (including phenoxy) is 1. The summed E-state index contributed by atoms with van der Waals surface area (Å²) in [5, 5.41) is 3.91. The number of halogens is 1. The molecule has 1 unspecified atom stereocenters. The highest BCUT2D eigenvalue weighted by Crippen LogP contribution is 2.11. The van der Waals surface area contributed by atoms with Crippen LogP contribution in [0.4, 0.5) is 0 Å². The lowest BCUT2D eigenvalue weighted by atomic mass is 10.0. The van der Waals surface area contributed by atoms with Crippen molar-refractivity contribution in [1.82, 2.24) is 5.32 Å². The topological polar surface area (TPSA) is 38.3 Å². The van der Waals surface area contributed by atoms with Crippen LogP contribution in [0.2, 0.25) is 5.02 Å². The van der Waals surface area contributed by atoms with E-state index in [1.807, 2.05) is 45.0 Å². The van der Waals surface area contributed by atoms with E-state index in [0.29, 0.717) is 18.2 Å². The molecule has 0 aromatic heterocycles. The third kappa shape index (κ3) is 4.67. The van der Waals surface area contributed by atoms with Crippen LogP contribution in [0, 0.1) is 5.92 Å². The quantitative estimate of drug-likeness (QED) is 0.807. The summed E-state index contributed by atoms with van der Waals surface area (Å²) >= 11 is 5.92. The third-order valence-corrected chi connectivity index (χ3v) is 2.86. The lowest BCUT2D eigenvalue weighted by Crippen LogP contribution is -2.41. The maximum atomic E-state index is 11.8. The van der Waals surface area contributed by atoms with E-state index in [1.165, 1.54) is 0 Å². The number of nitrogens with one attached hydrogen (secondary N) is 1. The molecular weight excluding hydrogens is 250 g/mol. The highest BCUT2D eigenvalue weighted by Gasteiger charge is 2.22. The Morgan fingerprint density at radius 3 is 2.72 bits per heavy atom. The van der Waals surface area contributed by atoms with Gasteiger partial charge in [-0.05, 0) is 30.5 Å². The van der Waals surface area contributed by atoms with E-state index in [0.717, 1.165) is 5.56 Å². The predicted octanol–water partition coefficient (Wildman–Crippen LogP) is 3.02. The first kappa shape index (κ1) is 15.0. The van der Waals surface area contributed by atoms with Gasteiger partial charge >= 0.3 is 5.97 Å². The summed E-state index contributed by atoms with van der Waals surface area (Å²) in [6.45, 7) is 6.80. The Balaban J connectivity index is 2.60. The van der Waals surface area contributed by atoms with Gasteiger partial charge in [-0.3, -0.25) is 4.79 Å². The van der Waals surface area contributed by atoms with Crippen LogP contribution in [0.5, 0.6) is 0 Å². The number of hydrogen-bond donors (Lipinski definition) is 1. The number of benzene rings is 1. The van der Waals surface area contributed by atoms with Crippen LogP contribution in [-0.4, -0.2) is 18.6 Å². The van der Waals surface area contributed by atoms with Crippen molar-refractivity contribution < 1.29 is 9.53 Å². The number of rotatable bonds is 6. The molecule has 0 saturated carbocycles. The minimum atomic E-state index is -0.288. The van der Waals surface area contributed by atoms with Crippen molar-refractivity contribution >= 4 is 17.6 Å². The van der Waals surface area contributed by atoms with E-state index in [-0.39, 0.29) is 17.9 Å². The van der Waals surface area contributed by atoms with Crippen molar-refractivity contribution in [2.24, 2.45) is 5.92 Å². The maximum absolute atomic E-state index is 11.8. The third-order valence-electron chi connectivity index (χ3n) is 2.62. The summed E-state index contributed by atoms with van der Waals surface area (Å²) in [5.41, 5.74) is 1.05. The monoisotopic (exact) mass is 269 g/mol. The first-order valence-electron chi connectivity index (χ1n) is 6.19.